The Kier molecular flexibility index (Phi) is 7.33. The molecule has 4 rings (SSSR count). The molecule has 1 aromatic carbocycles. The molecule has 3 heterocycles. The highest BCUT2D eigenvalue weighted by Gasteiger charge is 2.27. The second-order valence-electron chi connectivity index (χ2n) is 7.71. The molecule has 1 saturated heterocycles. The number of aromatic nitrogens is 2. The lowest BCUT2D eigenvalue weighted by atomic mass is 10.1. The number of carbonyl (C=O) groups is 1. The lowest BCUT2D eigenvalue weighted by Gasteiger charge is -2.29. The monoisotopic (exact) mass is 492 g/mol. The summed E-state index contributed by atoms with van der Waals surface area (Å²) in [5.74, 6) is -0.114. The van der Waals surface area contributed by atoms with Crippen LogP contribution in [0.25, 0.3) is 10.2 Å². The van der Waals surface area contributed by atoms with E-state index in [0.29, 0.717) is 39.1 Å². The molecule has 3 aromatic rings. The van der Waals surface area contributed by atoms with Crippen LogP contribution in [0, 0.1) is 6.92 Å². The largest absolute Gasteiger partial charge is 0.496 e. The van der Waals surface area contributed by atoms with E-state index in [2.05, 4.69) is 5.10 Å². The Morgan fingerprint density at radius 1 is 1.30 bits per heavy atom. The zero-order chi connectivity index (χ0) is 23.5. The molecule has 1 unspecified atom stereocenters. The summed E-state index contributed by atoms with van der Waals surface area (Å²) in [7, 11) is 2.83. The standard InChI is InChI=1S/C23H25ClN2O6S/c1-13-18-20(27)19(23(28)30-3)25-26(22(18)33-21(13)24)12-17(32-14-8-10-31-11-9-14)15-6-4-5-7-16(15)29-2/h4-7,14,17H,8-12H2,1-3H3. The van der Waals surface area contributed by atoms with Crippen molar-refractivity contribution in [2.24, 2.45) is 0 Å². The highest BCUT2D eigenvalue weighted by Crippen LogP contribution is 2.35. The average Bonchev–Trinajstić information content (AvgIpc) is 3.15. The van der Waals surface area contributed by atoms with E-state index in [-0.39, 0.29) is 18.3 Å². The Bertz CT molecular complexity index is 1220. The molecule has 0 bridgehead atoms. The van der Waals surface area contributed by atoms with E-state index in [4.69, 9.17) is 30.5 Å². The number of halogens is 1. The number of carbonyl (C=O) groups excluding carboxylic acids is 1. The van der Waals surface area contributed by atoms with Gasteiger partial charge >= 0.3 is 5.97 Å². The molecule has 2 aromatic heterocycles. The molecule has 1 aliphatic heterocycles. The van der Waals surface area contributed by atoms with Crippen LogP contribution in [-0.2, 0) is 20.8 Å². The van der Waals surface area contributed by atoms with Crippen LogP contribution < -0.4 is 10.2 Å². The third-order valence-electron chi connectivity index (χ3n) is 5.70. The summed E-state index contributed by atoms with van der Waals surface area (Å²) in [5, 5.41) is 4.74. The number of rotatable bonds is 7. The molecule has 1 atom stereocenters. The first-order valence-electron chi connectivity index (χ1n) is 10.6. The van der Waals surface area contributed by atoms with E-state index in [0.717, 1.165) is 18.4 Å². The Labute approximate surface area is 200 Å². The van der Waals surface area contributed by atoms with Crippen molar-refractivity contribution in [1.29, 1.82) is 0 Å². The zero-order valence-corrected chi connectivity index (χ0v) is 20.2. The predicted molar refractivity (Wildman–Crippen MR) is 126 cm³/mol. The van der Waals surface area contributed by atoms with Crippen LogP contribution in [0.2, 0.25) is 4.34 Å². The average molecular weight is 493 g/mol. The highest BCUT2D eigenvalue weighted by molar-refractivity contribution is 7.22. The SMILES string of the molecule is COC(=O)c1nn(CC(OC2CCOCC2)c2ccccc2OC)c2sc(Cl)c(C)c2c1=O. The van der Waals surface area contributed by atoms with Crippen molar-refractivity contribution < 1.29 is 23.7 Å². The summed E-state index contributed by atoms with van der Waals surface area (Å²) in [5.41, 5.74) is 0.682. The Balaban J connectivity index is 1.83. The maximum Gasteiger partial charge on any atom is 0.362 e. The molecular weight excluding hydrogens is 468 g/mol. The molecule has 8 nitrogen and oxygen atoms in total. The minimum atomic E-state index is -0.795. The van der Waals surface area contributed by atoms with Gasteiger partial charge in [-0.1, -0.05) is 29.8 Å². The second kappa shape index (κ2) is 10.2. The van der Waals surface area contributed by atoms with Crippen LogP contribution in [0.3, 0.4) is 0 Å². The fourth-order valence-corrected chi connectivity index (χ4v) is 5.26. The smallest absolute Gasteiger partial charge is 0.362 e. The minimum Gasteiger partial charge on any atom is -0.496 e. The van der Waals surface area contributed by atoms with Crippen LogP contribution in [0.5, 0.6) is 5.75 Å². The van der Waals surface area contributed by atoms with Crippen LogP contribution in [0.1, 0.15) is 40.6 Å². The van der Waals surface area contributed by atoms with E-state index in [1.54, 1.807) is 18.7 Å². The number of hydrogen-bond acceptors (Lipinski definition) is 8. The van der Waals surface area contributed by atoms with Crippen molar-refractivity contribution in [1.82, 2.24) is 9.78 Å². The fraction of sp³-hybridized carbons (Fsp3) is 0.435. The number of ether oxygens (including phenoxy) is 4. The molecule has 33 heavy (non-hydrogen) atoms. The number of hydrogen-bond donors (Lipinski definition) is 0. The van der Waals surface area contributed by atoms with Crippen molar-refractivity contribution in [3.8, 4) is 5.75 Å². The molecule has 0 spiro atoms. The number of aryl methyl sites for hydroxylation is 1. The summed E-state index contributed by atoms with van der Waals surface area (Å²) in [6, 6.07) is 7.62. The molecule has 176 valence electrons. The van der Waals surface area contributed by atoms with Gasteiger partial charge in [0.05, 0.1) is 36.6 Å². The number of nitrogens with zero attached hydrogens (tertiary/aromatic N) is 2. The maximum absolute atomic E-state index is 13.0. The van der Waals surface area contributed by atoms with E-state index in [1.807, 2.05) is 24.3 Å². The third kappa shape index (κ3) is 4.77. The quantitative estimate of drug-likeness (QED) is 0.458. The summed E-state index contributed by atoms with van der Waals surface area (Å²) >= 11 is 7.62. The van der Waals surface area contributed by atoms with Crippen LogP contribution in [0.4, 0.5) is 0 Å². The van der Waals surface area contributed by atoms with Gasteiger partial charge in [-0.2, -0.15) is 5.10 Å². The summed E-state index contributed by atoms with van der Waals surface area (Å²) in [6.45, 7) is 3.27. The van der Waals surface area contributed by atoms with Gasteiger partial charge in [0.1, 0.15) is 16.7 Å². The van der Waals surface area contributed by atoms with Gasteiger partial charge < -0.3 is 18.9 Å². The third-order valence-corrected chi connectivity index (χ3v) is 7.30. The first-order chi connectivity index (χ1) is 15.9. The lowest BCUT2D eigenvalue weighted by molar-refractivity contribution is -0.0759. The molecule has 0 aliphatic carbocycles. The summed E-state index contributed by atoms with van der Waals surface area (Å²) < 4.78 is 24.5. The van der Waals surface area contributed by atoms with E-state index in [1.165, 1.54) is 18.4 Å². The number of benzene rings is 1. The van der Waals surface area contributed by atoms with Gasteiger partial charge in [0, 0.05) is 18.8 Å². The normalized spacial score (nSPS) is 15.5. The summed E-state index contributed by atoms with van der Waals surface area (Å²) in [4.78, 5) is 25.9. The van der Waals surface area contributed by atoms with Crippen LogP contribution in [-0.4, -0.2) is 49.3 Å². The molecule has 1 aliphatic rings. The Morgan fingerprint density at radius 3 is 2.73 bits per heavy atom. The second-order valence-corrected chi connectivity index (χ2v) is 9.31. The first-order valence-corrected chi connectivity index (χ1v) is 11.8. The highest BCUT2D eigenvalue weighted by atomic mass is 35.5. The summed E-state index contributed by atoms with van der Waals surface area (Å²) in [6.07, 6.45) is 1.10. The topological polar surface area (TPSA) is 88.9 Å². The number of thiophene rings is 1. The number of para-hydroxylation sites is 1. The molecule has 0 saturated carbocycles. The van der Waals surface area contributed by atoms with Crippen molar-refractivity contribution >= 4 is 39.1 Å². The molecule has 10 heteroatoms. The molecular formula is C23H25ClN2O6S. The number of esters is 1. The van der Waals surface area contributed by atoms with Crippen molar-refractivity contribution in [3.63, 3.8) is 0 Å². The van der Waals surface area contributed by atoms with Crippen LogP contribution >= 0.6 is 22.9 Å². The number of fused-ring (bicyclic) bond motifs is 1. The Hall–Kier alpha value is -2.46. The predicted octanol–water partition coefficient (Wildman–Crippen LogP) is 4.15. The van der Waals surface area contributed by atoms with Crippen LogP contribution in [0.15, 0.2) is 29.1 Å². The van der Waals surface area contributed by atoms with Crippen molar-refractivity contribution in [2.75, 3.05) is 27.4 Å². The van der Waals surface area contributed by atoms with Gasteiger partial charge in [0.25, 0.3) is 0 Å². The van der Waals surface area contributed by atoms with E-state index < -0.39 is 17.5 Å². The van der Waals surface area contributed by atoms with Gasteiger partial charge in [-0.05, 0) is 31.4 Å². The van der Waals surface area contributed by atoms with Gasteiger partial charge in [-0.3, -0.25) is 9.48 Å². The minimum absolute atomic E-state index is 0.00253. The Morgan fingerprint density at radius 2 is 2.03 bits per heavy atom. The van der Waals surface area contributed by atoms with E-state index >= 15 is 0 Å². The maximum atomic E-state index is 13.0. The molecule has 0 radical (unpaired) electrons. The lowest BCUT2D eigenvalue weighted by Crippen LogP contribution is -2.29. The molecule has 0 amide bonds. The van der Waals surface area contributed by atoms with E-state index in [9.17, 15) is 9.59 Å². The molecule has 1 fully saturated rings. The zero-order valence-electron chi connectivity index (χ0n) is 18.6. The van der Waals surface area contributed by atoms with Gasteiger partial charge in [-0.25, -0.2) is 4.79 Å². The van der Waals surface area contributed by atoms with Crippen molar-refractivity contribution in [3.05, 3.63) is 55.6 Å². The first kappa shape index (κ1) is 23.7. The van der Waals surface area contributed by atoms with Gasteiger partial charge in [-0.15, -0.1) is 11.3 Å². The van der Waals surface area contributed by atoms with Gasteiger partial charge in [0.15, 0.2) is 0 Å². The fourth-order valence-electron chi connectivity index (χ4n) is 3.95. The van der Waals surface area contributed by atoms with Gasteiger partial charge in [0.2, 0.25) is 11.1 Å². The molecule has 0 N–H and O–H groups in total. The number of methoxy groups -OCH3 is 2. The van der Waals surface area contributed by atoms with Crippen molar-refractivity contribution in [2.45, 2.75) is 38.5 Å².